The highest BCUT2D eigenvalue weighted by molar-refractivity contribution is 9.10. The number of ether oxygens (including phenoxy) is 1. The third-order valence-electron chi connectivity index (χ3n) is 3.74. The van der Waals surface area contributed by atoms with E-state index >= 15 is 0 Å². The van der Waals surface area contributed by atoms with Crippen LogP contribution >= 0.6 is 15.9 Å². The van der Waals surface area contributed by atoms with Gasteiger partial charge in [0.2, 0.25) is 0 Å². The lowest BCUT2D eigenvalue weighted by Gasteiger charge is -2.28. The van der Waals surface area contributed by atoms with E-state index in [1.165, 1.54) is 11.3 Å². The Labute approximate surface area is 134 Å². The number of hydrogen-bond acceptors (Lipinski definition) is 3. The largest absolute Gasteiger partial charge is 0.493 e. The van der Waals surface area contributed by atoms with Crippen LogP contribution in [-0.4, -0.2) is 20.7 Å². The summed E-state index contributed by atoms with van der Waals surface area (Å²) >= 11 is 3.54. The normalized spacial score (nSPS) is 16.8. The van der Waals surface area contributed by atoms with E-state index in [1.54, 1.807) is 0 Å². The first-order chi connectivity index (χ1) is 10.1. The number of nitrogens with one attached hydrogen (secondary N) is 1. The van der Waals surface area contributed by atoms with Crippen LogP contribution in [0.1, 0.15) is 18.0 Å². The van der Waals surface area contributed by atoms with Crippen LogP contribution in [0.5, 0.6) is 5.75 Å². The van der Waals surface area contributed by atoms with Crippen molar-refractivity contribution in [2.45, 2.75) is 12.5 Å². The van der Waals surface area contributed by atoms with E-state index in [1.807, 2.05) is 12.1 Å². The molecule has 1 aliphatic rings. The molecule has 1 heterocycles. The van der Waals surface area contributed by atoms with E-state index in [9.17, 15) is 0 Å². The van der Waals surface area contributed by atoms with E-state index in [0.29, 0.717) is 0 Å². The van der Waals surface area contributed by atoms with Crippen molar-refractivity contribution >= 4 is 27.3 Å². The quantitative estimate of drug-likeness (QED) is 0.888. The lowest BCUT2D eigenvalue weighted by molar-refractivity contribution is 0.274. The molecule has 1 unspecified atom stereocenters. The molecule has 110 valence electrons. The molecule has 21 heavy (non-hydrogen) atoms. The van der Waals surface area contributed by atoms with Gasteiger partial charge in [-0.25, -0.2) is 0 Å². The van der Waals surface area contributed by atoms with Gasteiger partial charge in [0.25, 0.3) is 0 Å². The second kappa shape index (κ2) is 5.98. The van der Waals surface area contributed by atoms with Crippen molar-refractivity contribution < 1.29 is 4.74 Å². The predicted molar refractivity (Wildman–Crippen MR) is 91.4 cm³/mol. The number of anilines is 2. The molecule has 4 heteroatoms. The zero-order valence-corrected chi connectivity index (χ0v) is 13.9. The van der Waals surface area contributed by atoms with Crippen LogP contribution in [0.25, 0.3) is 0 Å². The number of nitrogens with zero attached hydrogens (tertiary/aromatic N) is 1. The minimum absolute atomic E-state index is 0.288. The zero-order valence-electron chi connectivity index (χ0n) is 12.3. The van der Waals surface area contributed by atoms with Gasteiger partial charge in [0.05, 0.1) is 12.6 Å². The van der Waals surface area contributed by atoms with Gasteiger partial charge >= 0.3 is 0 Å². The summed E-state index contributed by atoms with van der Waals surface area (Å²) in [7, 11) is 4.10. The van der Waals surface area contributed by atoms with E-state index in [0.717, 1.165) is 28.9 Å². The Balaban J connectivity index is 1.81. The first-order valence-corrected chi connectivity index (χ1v) is 7.89. The maximum Gasteiger partial charge on any atom is 0.124 e. The van der Waals surface area contributed by atoms with E-state index in [2.05, 4.69) is 70.6 Å². The van der Waals surface area contributed by atoms with Crippen LogP contribution in [0.2, 0.25) is 0 Å². The highest BCUT2D eigenvalue weighted by Crippen LogP contribution is 2.36. The molecule has 0 amide bonds. The SMILES string of the molecule is CN(C)c1ccc(NC2CCOc3ccc(Br)cc32)cc1. The molecule has 0 bridgehead atoms. The summed E-state index contributed by atoms with van der Waals surface area (Å²) in [6.07, 6.45) is 0.971. The Morgan fingerprint density at radius 2 is 1.90 bits per heavy atom. The predicted octanol–water partition coefficient (Wildman–Crippen LogP) is 4.45. The lowest BCUT2D eigenvalue weighted by Crippen LogP contribution is -2.20. The molecule has 2 aromatic rings. The number of rotatable bonds is 3. The van der Waals surface area contributed by atoms with Gasteiger partial charge in [-0.05, 0) is 42.5 Å². The monoisotopic (exact) mass is 346 g/mol. The third kappa shape index (κ3) is 3.16. The summed E-state index contributed by atoms with van der Waals surface area (Å²) in [5, 5.41) is 3.61. The lowest BCUT2D eigenvalue weighted by atomic mass is 10.0. The molecule has 0 aromatic heterocycles. The number of hydrogen-bond donors (Lipinski definition) is 1. The van der Waals surface area contributed by atoms with E-state index < -0.39 is 0 Å². The number of halogens is 1. The Morgan fingerprint density at radius 1 is 1.14 bits per heavy atom. The molecule has 0 fully saturated rings. The standard InChI is InChI=1S/C17H19BrN2O/c1-20(2)14-6-4-13(5-7-14)19-16-9-10-21-17-8-3-12(18)11-15(16)17/h3-8,11,16,19H,9-10H2,1-2H3. The van der Waals surface area contributed by atoms with Gasteiger partial charge in [-0.1, -0.05) is 15.9 Å². The number of benzene rings is 2. The first kappa shape index (κ1) is 14.3. The molecular weight excluding hydrogens is 328 g/mol. The maximum absolute atomic E-state index is 5.73. The molecule has 0 aliphatic carbocycles. The van der Waals surface area contributed by atoms with E-state index in [4.69, 9.17) is 4.74 Å². The minimum atomic E-state index is 0.288. The maximum atomic E-state index is 5.73. The molecule has 1 N–H and O–H groups in total. The van der Waals surface area contributed by atoms with Gasteiger partial charge < -0.3 is 15.0 Å². The van der Waals surface area contributed by atoms with Crippen molar-refractivity contribution in [1.29, 1.82) is 0 Å². The van der Waals surface area contributed by atoms with Crippen LogP contribution in [-0.2, 0) is 0 Å². The molecule has 1 aliphatic heterocycles. The molecular formula is C17H19BrN2O. The molecule has 3 nitrogen and oxygen atoms in total. The molecule has 0 saturated carbocycles. The van der Waals surface area contributed by atoms with Crippen molar-refractivity contribution in [3.8, 4) is 5.75 Å². The second-order valence-electron chi connectivity index (χ2n) is 5.46. The van der Waals surface area contributed by atoms with Gasteiger partial charge in [-0.15, -0.1) is 0 Å². The molecule has 2 aromatic carbocycles. The minimum Gasteiger partial charge on any atom is -0.493 e. The number of fused-ring (bicyclic) bond motifs is 1. The van der Waals surface area contributed by atoms with Gasteiger partial charge in [0.15, 0.2) is 0 Å². The van der Waals surface area contributed by atoms with Crippen LogP contribution in [0.15, 0.2) is 46.9 Å². The Kier molecular flexibility index (Phi) is 4.06. The summed E-state index contributed by atoms with van der Waals surface area (Å²) in [6, 6.07) is 15.0. The van der Waals surface area contributed by atoms with Gasteiger partial charge in [0.1, 0.15) is 5.75 Å². The highest BCUT2D eigenvalue weighted by atomic mass is 79.9. The van der Waals surface area contributed by atoms with Gasteiger partial charge in [0, 0.05) is 41.9 Å². The summed E-state index contributed by atoms with van der Waals surface area (Å²) < 4.78 is 6.81. The molecule has 0 saturated heterocycles. The van der Waals surface area contributed by atoms with Crippen LogP contribution in [0, 0.1) is 0 Å². The van der Waals surface area contributed by atoms with Crippen molar-refractivity contribution in [3.63, 3.8) is 0 Å². The van der Waals surface area contributed by atoms with Crippen molar-refractivity contribution in [1.82, 2.24) is 0 Å². The van der Waals surface area contributed by atoms with Gasteiger partial charge in [-0.3, -0.25) is 0 Å². The third-order valence-corrected chi connectivity index (χ3v) is 4.23. The van der Waals surface area contributed by atoms with E-state index in [-0.39, 0.29) is 6.04 Å². The highest BCUT2D eigenvalue weighted by Gasteiger charge is 2.21. The average Bonchev–Trinajstić information content (AvgIpc) is 2.48. The van der Waals surface area contributed by atoms with Gasteiger partial charge in [-0.2, -0.15) is 0 Å². The first-order valence-electron chi connectivity index (χ1n) is 7.09. The fourth-order valence-corrected chi connectivity index (χ4v) is 2.95. The van der Waals surface area contributed by atoms with Crippen molar-refractivity contribution in [2.75, 3.05) is 30.9 Å². The Morgan fingerprint density at radius 3 is 2.62 bits per heavy atom. The zero-order chi connectivity index (χ0) is 14.8. The Bertz CT molecular complexity index is 625. The van der Waals surface area contributed by atoms with Crippen LogP contribution in [0.3, 0.4) is 0 Å². The summed E-state index contributed by atoms with van der Waals surface area (Å²) in [4.78, 5) is 2.10. The Hall–Kier alpha value is -1.68. The van der Waals surface area contributed by atoms with Crippen molar-refractivity contribution in [2.24, 2.45) is 0 Å². The fourth-order valence-electron chi connectivity index (χ4n) is 2.57. The summed E-state index contributed by atoms with van der Waals surface area (Å²) in [5.74, 6) is 0.979. The smallest absolute Gasteiger partial charge is 0.124 e. The second-order valence-corrected chi connectivity index (χ2v) is 6.37. The summed E-state index contributed by atoms with van der Waals surface area (Å²) in [5.41, 5.74) is 3.56. The average molecular weight is 347 g/mol. The van der Waals surface area contributed by atoms with Crippen molar-refractivity contribution in [3.05, 3.63) is 52.5 Å². The molecule has 0 radical (unpaired) electrons. The topological polar surface area (TPSA) is 24.5 Å². The van der Waals surface area contributed by atoms with Crippen LogP contribution < -0.4 is 15.0 Å². The molecule has 3 rings (SSSR count). The fraction of sp³-hybridized carbons (Fsp3) is 0.294. The molecule has 0 spiro atoms. The summed E-state index contributed by atoms with van der Waals surface area (Å²) in [6.45, 7) is 0.752. The molecule has 1 atom stereocenters. The van der Waals surface area contributed by atoms with Crippen LogP contribution in [0.4, 0.5) is 11.4 Å².